The molecule has 0 aliphatic carbocycles. The number of likely N-dealkylation sites (N-methyl/N-ethyl adjacent to an activating group) is 1. The van der Waals surface area contributed by atoms with Gasteiger partial charge >= 0.3 is 6.18 Å². The highest BCUT2D eigenvalue weighted by atomic mass is 19.4. The minimum atomic E-state index is -4.65. The number of carbonyl (C=O) groups excluding carboxylic acids is 3. The lowest BCUT2D eigenvalue weighted by Gasteiger charge is -2.57. The molecule has 3 aromatic carbocycles. The molecule has 2 fully saturated rings. The third kappa shape index (κ3) is 6.43. The highest BCUT2D eigenvalue weighted by molar-refractivity contribution is 6.05. The van der Waals surface area contributed by atoms with Crippen LogP contribution in [0.25, 0.3) is 5.69 Å². The number of nitrogens with one attached hydrogen (secondary N) is 2. The van der Waals surface area contributed by atoms with Crippen LogP contribution in [0, 0.1) is 0 Å². The fourth-order valence-corrected chi connectivity index (χ4v) is 7.08. The molecule has 13 heteroatoms. The minimum absolute atomic E-state index is 0.0304. The SMILES string of the molecule is C=C(CN1CCC12COC2)C(=O)NCc1cccc([C@@H]2c3cnn(-c4ccccc4)c3N(CC)C(=O)[C@H]2NC(=O)c2cccc(C(F)(F)F)c2)c1. The van der Waals surface area contributed by atoms with Crippen LogP contribution in [0.2, 0.25) is 0 Å². The van der Waals surface area contributed by atoms with Gasteiger partial charge in [-0.3, -0.25) is 24.2 Å². The second-order valence-electron chi connectivity index (χ2n) is 13.2. The van der Waals surface area contributed by atoms with Crippen LogP contribution in [0.1, 0.15) is 51.9 Å². The summed E-state index contributed by atoms with van der Waals surface area (Å²) in [7, 11) is 0. The number of hydrogen-bond donors (Lipinski definition) is 2. The Morgan fingerprint density at radius 1 is 1.04 bits per heavy atom. The van der Waals surface area contributed by atoms with Crippen molar-refractivity contribution in [3.8, 4) is 5.69 Å². The Bertz CT molecular complexity index is 1980. The van der Waals surface area contributed by atoms with Crippen LogP contribution in [0.15, 0.2) is 97.2 Å². The van der Waals surface area contributed by atoms with Crippen molar-refractivity contribution in [2.24, 2.45) is 0 Å². The average molecular weight is 699 g/mol. The summed E-state index contributed by atoms with van der Waals surface area (Å²) < 4.78 is 47.6. The van der Waals surface area contributed by atoms with E-state index in [1.54, 1.807) is 23.9 Å². The predicted molar refractivity (Wildman–Crippen MR) is 183 cm³/mol. The van der Waals surface area contributed by atoms with Crippen molar-refractivity contribution >= 4 is 23.5 Å². The van der Waals surface area contributed by atoms with E-state index in [1.165, 1.54) is 11.0 Å². The van der Waals surface area contributed by atoms with Gasteiger partial charge in [0.25, 0.3) is 11.8 Å². The maximum absolute atomic E-state index is 14.4. The third-order valence-electron chi connectivity index (χ3n) is 10.0. The van der Waals surface area contributed by atoms with Gasteiger partial charge in [0.2, 0.25) is 5.91 Å². The van der Waals surface area contributed by atoms with Crippen molar-refractivity contribution in [2.75, 3.05) is 37.7 Å². The molecule has 2 saturated heterocycles. The quantitative estimate of drug-likeness (QED) is 0.230. The van der Waals surface area contributed by atoms with Gasteiger partial charge in [0.05, 0.1) is 36.2 Å². The number of fused-ring (bicyclic) bond motifs is 1. The topological polar surface area (TPSA) is 109 Å². The molecule has 3 amide bonds. The first-order chi connectivity index (χ1) is 24.5. The lowest BCUT2D eigenvalue weighted by Crippen LogP contribution is -2.71. The molecule has 3 aliphatic heterocycles. The van der Waals surface area contributed by atoms with E-state index in [-0.39, 0.29) is 30.1 Å². The number of nitrogens with zero attached hydrogens (tertiary/aromatic N) is 4. The number of alkyl halides is 3. The molecule has 0 radical (unpaired) electrons. The van der Waals surface area contributed by atoms with Crippen molar-refractivity contribution in [1.82, 2.24) is 25.3 Å². The van der Waals surface area contributed by atoms with Gasteiger partial charge in [-0.15, -0.1) is 0 Å². The number of ether oxygens (including phenoxy) is 1. The largest absolute Gasteiger partial charge is 0.416 e. The number of halogens is 3. The van der Waals surface area contributed by atoms with Crippen molar-refractivity contribution < 1.29 is 32.3 Å². The lowest BCUT2D eigenvalue weighted by molar-refractivity contribution is -0.189. The van der Waals surface area contributed by atoms with Gasteiger partial charge in [-0.2, -0.15) is 18.3 Å². The first-order valence-corrected chi connectivity index (χ1v) is 16.8. The number of amides is 3. The van der Waals surface area contributed by atoms with E-state index < -0.39 is 35.5 Å². The molecule has 264 valence electrons. The Labute approximate surface area is 292 Å². The van der Waals surface area contributed by atoms with Gasteiger partial charge in [0.1, 0.15) is 11.9 Å². The second-order valence-corrected chi connectivity index (χ2v) is 13.2. The molecule has 1 spiro atoms. The van der Waals surface area contributed by atoms with Gasteiger partial charge in [-0.05, 0) is 54.8 Å². The number of rotatable bonds is 10. The molecular weight excluding hydrogens is 661 g/mol. The molecular formula is C38H37F3N6O4. The molecule has 7 rings (SSSR count). The molecule has 10 nitrogen and oxygen atoms in total. The Morgan fingerprint density at radius 2 is 1.80 bits per heavy atom. The predicted octanol–water partition coefficient (Wildman–Crippen LogP) is 4.84. The number of likely N-dealkylation sites (tertiary alicyclic amines) is 1. The van der Waals surface area contributed by atoms with Gasteiger partial charge < -0.3 is 15.4 Å². The summed E-state index contributed by atoms with van der Waals surface area (Å²) in [6.45, 7) is 8.92. The Hall–Kier alpha value is -5.27. The zero-order valence-electron chi connectivity index (χ0n) is 28.0. The maximum Gasteiger partial charge on any atom is 0.416 e. The molecule has 0 saturated carbocycles. The number of para-hydroxylation sites is 1. The summed E-state index contributed by atoms with van der Waals surface area (Å²) in [5.41, 5.74) is 2.05. The highest BCUT2D eigenvalue weighted by Crippen LogP contribution is 2.42. The average Bonchev–Trinajstić information content (AvgIpc) is 3.53. The van der Waals surface area contributed by atoms with E-state index in [2.05, 4.69) is 27.2 Å². The number of anilines is 1. The summed E-state index contributed by atoms with van der Waals surface area (Å²) in [5.74, 6) is -1.77. The van der Waals surface area contributed by atoms with Crippen LogP contribution >= 0.6 is 0 Å². The van der Waals surface area contributed by atoms with Crippen LogP contribution in [-0.2, 0) is 27.0 Å². The smallest absolute Gasteiger partial charge is 0.377 e. The first kappa shape index (κ1) is 34.2. The van der Waals surface area contributed by atoms with E-state index in [0.29, 0.717) is 42.3 Å². The van der Waals surface area contributed by atoms with Crippen LogP contribution in [0.3, 0.4) is 0 Å². The standard InChI is InChI=1S/C38H37F3N6O4/c1-3-46-35-30(20-43-47(35)29-13-5-4-6-14-29)31(32(36(46)50)44-34(49)27-11-8-12-28(18-27)38(39,40)41)26-10-7-9-25(17-26)19-42-33(48)24(2)21-45-16-15-37(45)22-51-23-37/h4-14,17-18,20,31-32H,2-3,15-16,19,21-23H2,1H3,(H,42,48)(H,44,49)/t31-,32+/m1/s1. The van der Waals surface area contributed by atoms with Crippen LogP contribution < -0.4 is 15.5 Å². The fraction of sp³-hybridized carbons (Fsp3) is 0.316. The summed E-state index contributed by atoms with van der Waals surface area (Å²) in [6.07, 6.45) is -1.95. The second kappa shape index (κ2) is 13.5. The van der Waals surface area contributed by atoms with E-state index in [0.717, 1.165) is 42.4 Å². The third-order valence-corrected chi connectivity index (χ3v) is 10.0. The summed E-state index contributed by atoms with van der Waals surface area (Å²) in [4.78, 5) is 44.7. The molecule has 1 aromatic heterocycles. The first-order valence-electron chi connectivity index (χ1n) is 16.8. The number of benzene rings is 3. The van der Waals surface area contributed by atoms with Crippen molar-refractivity contribution in [3.05, 3.63) is 125 Å². The van der Waals surface area contributed by atoms with E-state index in [9.17, 15) is 27.6 Å². The number of hydrogen-bond acceptors (Lipinski definition) is 6. The van der Waals surface area contributed by atoms with Crippen molar-refractivity contribution in [2.45, 2.75) is 43.6 Å². The zero-order valence-corrected chi connectivity index (χ0v) is 28.0. The highest BCUT2D eigenvalue weighted by Gasteiger charge is 2.50. The minimum Gasteiger partial charge on any atom is -0.377 e. The Morgan fingerprint density at radius 3 is 2.47 bits per heavy atom. The van der Waals surface area contributed by atoms with Gasteiger partial charge in [0.15, 0.2) is 0 Å². The number of aromatic nitrogens is 2. The summed E-state index contributed by atoms with van der Waals surface area (Å²) in [5, 5.41) is 10.4. The summed E-state index contributed by atoms with van der Waals surface area (Å²) in [6, 6.07) is 19.5. The molecule has 3 aliphatic rings. The molecule has 51 heavy (non-hydrogen) atoms. The molecule has 4 heterocycles. The fourth-order valence-electron chi connectivity index (χ4n) is 7.08. The number of carbonyl (C=O) groups is 3. The van der Waals surface area contributed by atoms with Crippen LogP contribution in [0.5, 0.6) is 0 Å². The molecule has 0 unspecified atom stereocenters. The molecule has 4 aromatic rings. The van der Waals surface area contributed by atoms with Crippen molar-refractivity contribution in [3.63, 3.8) is 0 Å². The van der Waals surface area contributed by atoms with Crippen LogP contribution in [0.4, 0.5) is 19.0 Å². The molecule has 0 bridgehead atoms. The zero-order chi connectivity index (χ0) is 35.9. The van der Waals surface area contributed by atoms with Crippen LogP contribution in [-0.4, -0.2) is 76.8 Å². The van der Waals surface area contributed by atoms with Crippen molar-refractivity contribution in [1.29, 1.82) is 0 Å². The maximum atomic E-state index is 14.4. The van der Waals surface area contributed by atoms with Gasteiger partial charge in [0, 0.05) is 48.8 Å². The van der Waals surface area contributed by atoms with E-state index in [1.807, 2.05) is 48.5 Å². The van der Waals surface area contributed by atoms with E-state index in [4.69, 9.17) is 4.74 Å². The normalized spacial score (nSPS) is 19.5. The molecule has 2 N–H and O–H groups in total. The summed E-state index contributed by atoms with van der Waals surface area (Å²) >= 11 is 0. The Balaban J connectivity index is 1.19. The monoisotopic (exact) mass is 698 g/mol. The Kier molecular flexibility index (Phi) is 9.02. The van der Waals surface area contributed by atoms with Gasteiger partial charge in [-0.25, -0.2) is 4.68 Å². The molecule has 2 atom stereocenters. The van der Waals surface area contributed by atoms with E-state index >= 15 is 0 Å². The lowest BCUT2D eigenvalue weighted by atomic mass is 9.81. The van der Waals surface area contributed by atoms with Gasteiger partial charge in [-0.1, -0.05) is 55.1 Å².